The number of hydrogen-bond acceptors (Lipinski definition) is 4. The lowest BCUT2D eigenvalue weighted by molar-refractivity contribution is -0.145. The number of aromatic nitrogens is 1. The molecule has 2 aliphatic rings. The predicted molar refractivity (Wildman–Crippen MR) is 122 cm³/mol. The Hall–Kier alpha value is -2.87. The van der Waals surface area contributed by atoms with E-state index in [0.717, 1.165) is 16.8 Å². The number of nitrogens with zero attached hydrogens (tertiary/aromatic N) is 3. The Bertz CT molecular complexity index is 1040. The minimum Gasteiger partial charge on any atom is -0.337 e. The summed E-state index contributed by atoms with van der Waals surface area (Å²) in [5.41, 5.74) is 3.25. The van der Waals surface area contributed by atoms with Crippen LogP contribution in [0.1, 0.15) is 46.9 Å². The second-order valence-corrected chi connectivity index (χ2v) is 9.26. The zero-order chi connectivity index (χ0) is 23.7. The Balaban J connectivity index is 1.41. The van der Waals surface area contributed by atoms with E-state index in [2.05, 4.69) is 15.2 Å². The van der Waals surface area contributed by atoms with Crippen LogP contribution in [0.2, 0.25) is 0 Å². The summed E-state index contributed by atoms with van der Waals surface area (Å²) in [7, 11) is 0. The van der Waals surface area contributed by atoms with Gasteiger partial charge in [-0.3, -0.25) is 19.5 Å². The van der Waals surface area contributed by atoms with Crippen LogP contribution in [-0.4, -0.2) is 58.4 Å². The van der Waals surface area contributed by atoms with Crippen molar-refractivity contribution in [2.24, 2.45) is 5.92 Å². The van der Waals surface area contributed by atoms with Gasteiger partial charge in [0.2, 0.25) is 5.91 Å². The van der Waals surface area contributed by atoms with E-state index in [1.54, 1.807) is 12.1 Å². The first-order chi connectivity index (χ1) is 15.7. The molecule has 8 heteroatoms. The van der Waals surface area contributed by atoms with Crippen molar-refractivity contribution in [1.29, 1.82) is 0 Å². The average molecular weight is 457 g/mol. The second-order valence-electron chi connectivity index (χ2n) is 9.26. The third-order valence-electron chi connectivity index (χ3n) is 6.72. The number of benzene rings is 1. The summed E-state index contributed by atoms with van der Waals surface area (Å²) in [5.74, 6) is -0.891. The molecule has 2 heterocycles. The molecule has 2 fully saturated rings. The van der Waals surface area contributed by atoms with Gasteiger partial charge in [0.05, 0.1) is 5.56 Å². The van der Waals surface area contributed by atoms with Gasteiger partial charge in [-0.25, -0.2) is 8.78 Å². The molecule has 1 aliphatic heterocycles. The molecule has 4 rings (SSSR count). The highest BCUT2D eigenvalue weighted by atomic mass is 19.1. The van der Waals surface area contributed by atoms with Gasteiger partial charge in [0.1, 0.15) is 12.0 Å². The highest BCUT2D eigenvalue weighted by Crippen LogP contribution is 2.33. The molecular formula is C25H30F2N4O2. The van der Waals surface area contributed by atoms with Crippen LogP contribution in [0, 0.1) is 25.6 Å². The van der Waals surface area contributed by atoms with Crippen LogP contribution in [0.5, 0.6) is 0 Å². The molecule has 1 saturated carbocycles. The number of hydrogen-bond donors (Lipinski definition) is 1. The van der Waals surface area contributed by atoms with E-state index in [0.29, 0.717) is 50.3 Å². The minimum absolute atomic E-state index is 0.00647. The van der Waals surface area contributed by atoms with Gasteiger partial charge in [0.25, 0.3) is 5.91 Å². The van der Waals surface area contributed by atoms with Gasteiger partial charge in [-0.1, -0.05) is 0 Å². The van der Waals surface area contributed by atoms with E-state index in [4.69, 9.17) is 0 Å². The van der Waals surface area contributed by atoms with E-state index >= 15 is 0 Å². The fourth-order valence-corrected chi connectivity index (χ4v) is 4.56. The van der Waals surface area contributed by atoms with Gasteiger partial charge >= 0.3 is 0 Å². The Morgan fingerprint density at radius 1 is 1.18 bits per heavy atom. The Morgan fingerprint density at radius 2 is 1.94 bits per heavy atom. The van der Waals surface area contributed by atoms with Crippen molar-refractivity contribution in [3.8, 4) is 0 Å². The SMILES string of the molecule is Cc1ccc(C(=O)Nc2cc(F)cc(CN3CCN(C(=O)C4CC(F)C4)C(C)C3)c2C)cn1. The number of pyridine rings is 1. The van der Waals surface area contributed by atoms with Crippen molar-refractivity contribution < 1.29 is 18.4 Å². The minimum atomic E-state index is -0.844. The first-order valence-corrected chi connectivity index (χ1v) is 11.4. The number of alkyl halides is 1. The van der Waals surface area contributed by atoms with Crippen molar-refractivity contribution >= 4 is 17.5 Å². The molecule has 1 aromatic heterocycles. The number of piperazine rings is 1. The molecule has 1 unspecified atom stereocenters. The van der Waals surface area contributed by atoms with Crippen LogP contribution in [0.25, 0.3) is 0 Å². The van der Waals surface area contributed by atoms with E-state index in [1.165, 1.54) is 18.3 Å². The van der Waals surface area contributed by atoms with Crippen molar-refractivity contribution in [2.75, 3.05) is 25.0 Å². The maximum atomic E-state index is 14.4. The summed E-state index contributed by atoms with van der Waals surface area (Å²) in [4.78, 5) is 33.4. The van der Waals surface area contributed by atoms with Crippen LogP contribution in [-0.2, 0) is 11.3 Å². The number of nitrogens with one attached hydrogen (secondary N) is 1. The maximum Gasteiger partial charge on any atom is 0.257 e. The molecule has 2 aromatic rings. The molecule has 6 nitrogen and oxygen atoms in total. The highest BCUT2D eigenvalue weighted by Gasteiger charge is 2.39. The fourth-order valence-electron chi connectivity index (χ4n) is 4.56. The zero-order valence-electron chi connectivity index (χ0n) is 19.3. The van der Waals surface area contributed by atoms with Crippen LogP contribution >= 0.6 is 0 Å². The summed E-state index contributed by atoms with van der Waals surface area (Å²) in [5, 5.41) is 2.80. The molecule has 0 bridgehead atoms. The molecule has 1 atom stereocenters. The Kier molecular flexibility index (Phi) is 6.74. The second kappa shape index (κ2) is 9.55. The number of carbonyl (C=O) groups is 2. The van der Waals surface area contributed by atoms with Crippen molar-refractivity contribution in [1.82, 2.24) is 14.8 Å². The normalized spacial score (nSPS) is 23.2. The van der Waals surface area contributed by atoms with Gasteiger partial charge in [-0.15, -0.1) is 0 Å². The Labute approximate surface area is 193 Å². The van der Waals surface area contributed by atoms with E-state index < -0.39 is 12.0 Å². The maximum absolute atomic E-state index is 14.4. The zero-order valence-corrected chi connectivity index (χ0v) is 19.3. The van der Waals surface area contributed by atoms with E-state index in [9.17, 15) is 18.4 Å². The molecule has 2 amide bonds. The van der Waals surface area contributed by atoms with Crippen LogP contribution in [0.15, 0.2) is 30.5 Å². The number of carbonyl (C=O) groups excluding carboxylic acids is 2. The van der Waals surface area contributed by atoms with Crippen LogP contribution in [0.4, 0.5) is 14.5 Å². The van der Waals surface area contributed by atoms with Crippen molar-refractivity contribution in [3.05, 3.63) is 58.7 Å². The number of rotatable bonds is 5. The molecule has 176 valence electrons. The molecule has 0 spiro atoms. The lowest BCUT2D eigenvalue weighted by Crippen LogP contribution is -2.56. The monoisotopic (exact) mass is 456 g/mol. The fraction of sp³-hybridized carbons (Fsp3) is 0.480. The molecule has 1 saturated heterocycles. The third-order valence-corrected chi connectivity index (χ3v) is 6.72. The molecule has 0 radical (unpaired) electrons. The number of halogens is 2. The number of amides is 2. The van der Waals surface area contributed by atoms with Gasteiger partial charge in [0, 0.05) is 55.7 Å². The van der Waals surface area contributed by atoms with Gasteiger partial charge < -0.3 is 10.2 Å². The highest BCUT2D eigenvalue weighted by molar-refractivity contribution is 6.04. The molecule has 1 aliphatic carbocycles. The molecule has 1 N–H and O–H groups in total. The molecule has 1 aromatic carbocycles. The topological polar surface area (TPSA) is 65.5 Å². The van der Waals surface area contributed by atoms with Crippen molar-refractivity contribution in [2.45, 2.75) is 52.4 Å². The van der Waals surface area contributed by atoms with Gasteiger partial charge in [-0.05, 0) is 69.0 Å². The largest absolute Gasteiger partial charge is 0.337 e. The Morgan fingerprint density at radius 3 is 2.58 bits per heavy atom. The summed E-state index contributed by atoms with van der Waals surface area (Å²) in [6, 6.07) is 6.27. The van der Waals surface area contributed by atoms with Crippen LogP contribution < -0.4 is 5.32 Å². The quantitative estimate of drug-likeness (QED) is 0.742. The van der Waals surface area contributed by atoms with E-state index in [-0.39, 0.29) is 23.8 Å². The van der Waals surface area contributed by atoms with Crippen LogP contribution in [0.3, 0.4) is 0 Å². The van der Waals surface area contributed by atoms with Crippen molar-refractivity contribution in [3.63, 3.8) is 0 Å². The standard InChI is InChI=1S/C25H30F2N4O2/c1-15-4-5-18(12-28-15)24(32)29-23-11-22(27)10-20(17(23)3)14-30-6-7-31(16(2)13-30)25(33)19-8-21(26)9-19/h4-5,10-12,16,19,21H,6-9,13-14H2,1-3H3,(H,29,32). The van der Waals surface area contributed by atoms with E-state index in [1.807, 2.05) is 25.7 Å². The molecular weight excluding hydrogens is 426 g/mol. The van der Waals surface area contributed by atoms with Gasteiger partial charge in [0.15, 0.2) is 0 Å². The smallest absolute Gasteiger partial charge is 0.257 e. The summed E-state index contributed by atoms with van der Waals surface area (Å²) < 4.78 is 27.6. The first kappa shape index (κ1) is 23.3. The summed E-state index contributed by atoms with van der Waals surface area (Å²) in [6.45, 7) is 8.11. The lowest BCUT2D eigenvalue weighted by Gasteiger charge is -2.43. The third kappa shape index (κ3) is 5.21. The summed E-state index contributed by atoms with van der Waals surface area (Å²) >= 11 is 0. The first-order valence-electron chi connectivity index (χ1n) is 11.4. The lowest BCUT2D eigenvalue weighted by atomic mass is 9.82. The van der Waals surface area contributed by atoms with Gasteiger partial charge in [-0.2, -0.15) is 0 Å². The average Bonchev–Trinajstić information content (AvgIpc) is 2.75. The number of anilines is 1. The summed E-state index contributed by atoms with van der Waals surface area (Å²) in [6.07, 6.45) is 1.33. The molecule has 33 heavy (non-hydrogen) atoms. The number of aryl methyl sites for hydroxylation is 1. The predicted octanol–water partition coefficient (Wildman–Crippen LogP) is 3.87.